The minimum atomic E-state index is 0.492. The molecule has 96 valence electrons. The summed E-state index contributed by atoms with van der Waals surface area (Å²) in [5.41, 5.74) is 0.942. The Hall–Kier alpha value is -1.13. The average Bonchev–Trinajstić information content (AvgIpc) is 2.35. The van der Waals surface area contributed by atoms with Gasteiger partial charge in [-0.1, -0.05) is 18.5 Å². The van der Waals surface area contributed by atoms with Crippen molar-refractivity contribution in [3.63, 3.8) is 0 Å². The Morgan fingerprint density at radius 1 is 1.06 bits per heavy atom. The van der Waals surface area contributed by atoms with Crippen LogP contribution in [-0.4, -0.2) is 27.9 Å². The van der Waals surface area contributed by atoms with Crippen LogP contribution in [0.3, 0.4) is 0 Å². The molecule has 0 aliphatic carbocycles. The lowest BCUT2D eigenvalue weighted by Crippen LogP contribution is -2.13. The van der Waals surface area contributed by atoms with Gasteiger partial charge in [0, 0.05) is 12.1 Å². The third-order valence-electron chi connectivity index (χ3n) is 2.40. The Morgan fingerprint density at radius 3 is 2.12 bits per heavy atom. The smallest absolute Gasteiger partial charge is 0.205 e. The van der Waals surface area contributed by atoms with Crippen LogP contribution in [0, 0.1) is 0 Å². The summed E-state index contributed by atoms with van der Waals surface area (Å²) in [6.45, 7) is 3.57. The molecule has 0 bridgehead atoms. The highest BCUT2D eigenvalue weighted by Crippen LogP contribution is 2.44. The van der Waals surface area contributed by atoms with Crippen LogP contribution >= 0.6 is 11.6 Å². The van der Waals surface area contributed by atoms with Crippen molar-refractivity contribution in [3.05, 3.63) is 16.7 Å². The SMILES string of the molecule is CCNCc1cc(Cl)c(OC)c(OC)c1OC. The maximum Gasteiger partial charge on any atom is 0.205 e. The van der Waals surface area contributed by atoms with Gasteiger partial charge in [-0.05, 0) is 12.6 Å². The molecule has 1 N–H and O–H groups in total. The molecule has 1 aromatic carbocycles. The highest BCUT2D eigenvalue weighted by atomic mass is 35.5. The molecule has 0 aliphatic rings. The second-order valence-corrected chi connectivity index (χ2v) is 3.80. The van der Waals surface area contributed by atoms with Crippen molar-refractivity contribution in [2.75, 3.05) is 27.9 Å². The average molecular weight is 260 g/mol. The number of ether oxygens (including phenoxy) is 3. The summed E-state index contributed by atoms with van der Waals surface area (Å²) >= 11 is 6.13. The fourth-order valence-electron chi connectivity index (χ4n) is 1.63. The Bertz CT molecular complexity index is 383. The largest absolute Gasteiger partial charge is 0.492 e. The molecule has 1 rings (SSSR count). The summed E-state index contributed by atoms with van der Waals surface area (Å²) in [7, 11) is 4.71. The van der Waals surface area contributed by atoms with Gasteiger partial charge < -0.3 is 19.5 Å². The molecule has 0 aliphatic heterocycles. The van der Waals surface area contributed by atoms with Crippen LogP contribution < -0.4 is 19.5 Å². The molecule has 4 nitrogen and oxygen atoms in total. The van der Waals surface area contributed by atoms with E-state index in [1.165, 1.54) is 0 Å². The van der Waals surface area contributed by atoms with Crippen LogP contribution in [0.4, 0.5) is 0 Å². The number of methoxy groups -OCH3 is 3. The predicted octanol–water partition coefficient (Wildman–Crippen LogP) is 2.48. The van der Waals surface area contributed by atoms with Crippen molar-refractivity contribution in [3.8, 4) is 17.2 Å². The maximum atomic E-state index is 6.13. The number of hydrogen-bond donors (Lipinski definition) is 1. The van der Waals surface area contributed by atoms with E-state index in [0.29, 0.717) is 28.8 Å². The Balaban J connectivity index is 3.26. The molecule has 5 heteroatoms. The molecule has 0 saturated heterocycles. The Labute approximate surface area is 107 Å². The molecular weight excluding hydrogens is 242 g/mol. The number of halogens is 1. The summed E-state index contributed by atoms with van der Waals surface area (Å²) < 4.78 is 15.9. The van der Waals surface area contributed by atoms with E-state index in [0.717, 1.165) is 12.1 Å². The topological polar surface area (TPSA) is 39.7 Å². The van der Waals surface area contributed by atoms with E-state index in [2.05, 4.69) is 5.32 Å². The fraction of sp³-hybridized carbons (Fsp3) is 0.500. The van der Waals surface area contributed by atoms with Crippen LogP contribution in [0.1, 0.15) is 12.5 Å². The first-order chi connectivity index (χ1) is 8.19. The Kier molecular flexibility index (Phi) is 5.38. The van der Waals surface area contributed by atoms with Gasteiger partial charge in [0.05, 0.1) is 26.4 Å². The molecule has 0 radical (unpaired) electrons. The number of rotatable bonds is 6. The third kappa shape index (κ3) is 2.96. The van der Waals surface area contributed by atoms with Gasteiger partial charge in [-0.3, -0.25) is 0 Å². The molecule has 0 unspecified atom stereocenters. The monoisotopic (exact) mass is 259 g/mol. The van der Waals surface area contributed by atoms with Gasteiger partial charge in [-0.25, -0.2) is 0 Å². The molecule has 0 saturated carbocycles. The molecule has 17 heavy (non-hydrogen) atoms. The second-order valence-electron chi connectivity index (χ2n) is 3.40. The molecule has 0 fully saturated rings. The zero-order chi connectivity index (χ0) is 12.8. The lowest BCUT2D eigenvalue weighted by atomic mass is 10.1. The van der Waals surface area contributed by atoms with Crippen molar-refractivity contribution in [1.82, 2.24) is 5.32 Å². The zero-order valence-electron chi connectivity index (χ0n) is 10.6. The minimum absolute atomic E-state index is 0.492. The first-order valence-electron chi connectivity index (χ1n) is 5.37. The van der Waals surface area contributed by atoms with Crippen LogP contribution in [-0.2, 0) is 6.54 Å². The zero-order valence-corrected chi connectivity index (χ0v) is 11.4. The predicted molar refractivity (Wildman–Crippen MR) is 68.5 cm³/mol. The molecule has 0 atom stereocenters. The quantitative estimate of drug-likeness (QED) is 0.852. The normalized spacial score (nSPS) is 10.2. The second kappa shape index (κ2) is 6.57. The summed E-state index contributed by atoms with van der Waals surface area (Å²) in [6, 6.07) is 1.82. The van der Waals surface area contributed by atoms with Crippen molar-refractivity contribution in [1.29, 1.82) is 0 Å². The van der Waals surface area contributed by atoms with Crippen LogP contribution in [0.15, 0.2) is 6.07 Å². The third-order valence-corrected chi connectivity index (χ3v) is 2.68. The van der Waals surface area contributed by atoms with E-state index >= 15 is 0 Å². The van der Waals surface area contributed by atoms with Crippen LogP contribution in [0.5, 0.6) is 17.2 Å². The number of nitrogens with one attached hydrogen (secondary N) is 1. The van der Waals surface area contributed by atoms with Crippen molar-refractivity contribution in [2.45, 2.75) is 13.5 Å². The summed E-state index contributed by atoms with van der Waals surface area (Å²) in [6.07, 6.45) is 0. The minimum Gasteiger partial charge on any atom is -0.492 e. The van der Waals surface area contributed by atoms with Gasteiger partial charge in [0.1, 0.15) is 0 Å². The highest BCUT2D eigenvalue weighted by molar-refractivity contribution is 6.32. The number of hydrogen-bond acceptors (Lipinski definition) is 4. The Morgan fingerprint density at radius 2 is 1.65 bits per heavy atom. The lowest BCUT2D eigenvalue weighted by Gasteiger charge is -2.17. The first-order valence-corrected chi connectivity index (χ1v) is 5.75. The fourth-order valence-corrected chi connectivity index (χ4v) is 1.93. The van der Waals surface area contributed by atoms with Crippen molar-refractivity contribution < 1.29 is 14.2 Å². The van der Waals surface area contributed by atoms with Gasteiger partial charge in [0.15, 0.2) is 11.5 Å². The van der Waals surface area contributed by atoms with Gasteiger partial charge >= 0.3 is 0 Å². The molecule has 1 aromatic rings. The van der Waals surface area contributed by atoms with Crippen molar-refractivity contribution >= 4 is 11.6 Å². The molecule has 0 aromatic heterocycles. The lowest BCUT2D eigenvalue weighted by molar-refractivity contribution is 0.322. The van der Waals surface area contributed by atoms with Gasteiger partial charge in [-0.15, -0.1) is 0 Å². The van der Waals surface area contributed by atoms with Crippen LogP contribution in [0.25, 0.3) is 0 Å². The maximum absolute atomic E-state index is 6.13. The van der Waals surface area contributed by atoms with E-state index in [4.69, 9.17) is 25.8 Å². The van der Waals surface area contributed by atoms with Gasteiger partial charge in [0.2, 0.25) is 5.75 Å². The summed E-state index contributed by atoms with van der Waals surface area (Å²) in [5, 5.41) is 3.73. The standard InChI is InChI=1S/C12H18ClNO3/c1-5-14-7-8-6-9(13)11(16-3)12(17-4)10(8)15-2/h6,14H,5,7H2,1-4H3. The van der Waals surface area contributed by atoms with E-state index < -0.39 is 0 Å². The van der Waals surface area contributed by atoms with E-state index in [1.54, 1.807) is 21.3 Å². The molecular formula is C12H18ClNO3. The van der Waals surface area contributed by atoms with E-state index in [9.17, 15) is 0 Å². The van der Waals surface area contributed by atoms with Crippen molar-refractivity contribution in [2.24, 2.45) is 0 Å². The number of benzene rings is 1. The summed E-state index contributed by atoms with van der Waals surface area (Å²) in [4.78, 5) is 0. The van der Waals surface area contributed by atoms with Gasteiger partial charge in [-0.2, -0.15) is 0 Å². The molecule has 0 spiro atoms. The molecule has 0 heterocycles. The highest BCUT2D eigenvalue weighted by Gasteiger charge is 2.19. The first kappa shape index (κ1) is 13.9. The van der Waals surface area contributed by atoms with Crippen LogP contribution in [0.2, 0.25) is 5.02 Å². The molecule has 0 amide bonds. The van der Waals surface area contributed by atoms with E-state index in [1.807, 2.05) is 13.0 Å². The summed E-state index contributed by atoms with van der Waals surface area (Å²) in [5.74, 6) is 1.66. The van der Waals surface area contributed by atoms with Gasteiger partial charge in [0.25, 0.3) is 0 Å². The van der Waals surface area contributed by atoms with E-state index in [-0.39, 0.29) is 0 Å².